The van der Waals surface area contributed by atoms with Crippen molar-refractivity contribution in [1.29, 1.82) is 0 Å². The van der Waals surface area contributed by atoms with Gasteiger partial charge in [0.25, 0.3) is 0 Å². The van der Waals surface area contributed by atoms with Gasteiger partial charge in [-0.15, -0.1) is 0 Å². The molecule has 0 radical (unpaired) electrons. The fourth-order valence-corrected chi connectivity index (χ4v) is 2.41. The summed E-state index contributed by atoms with van der Waals surface area (Å²) in [5.74, 6) is 0.763. The fraction of sp³-hybridized carbons (Fsp3) is 0.571. The summed E-state index contributed by atoms with van der Waals surface area (Å²) in [6.07, 6.45) is 1.22. The molecule has 2 rings (SSSR count). The summed E-state index contributed by atoms with van der Waals surface area (Å²) in [5, 5.41) is 3.42. The van der Waals surface area contributed by atoms with Gasteiger partial charge in [-0.25, -0.2) is 0 Å². The van der Waals surface area contributed by atoms with Crippen LogP contribution in [0.15, 0.2) is 24.3 Å². The molecule has 0 spiro atoms. The van der Waals surface area contributed by atoms with Crippen LogP contribution in [-0.4, -0.2) is 13.1 Å². The van der Waals surface area contributed by atoms with Crippen LogP contribution in [0, 0.1) is 18.3 Å². The van der Waals surface area contributed by atoms with Crippen molar-refractivity contribution in [2.45, 2.75) is 27.2 Å². The van der Waals surface area contributed by atoms with Gasteiger partial charge in [-0.1, -0.05) is 43.7 Å². The minimum Gasteiger partial charge on any atom is -0.315 e. The lowest BCUT2D eigenvalue weighted by molar-refractivity contribution is 0.0995. The summed E-state index contributed by atoms with van der Waals surface area (Å²) in [6.45, 7) is 9.22. The Hall–Kier alpha value is -0.820. The summed E-state index contributed by atoms with van der Waals surface area (Å²) in [6, 6.07) is 8.92. The second-order valence-corrected chi connectivity index (χ2v) is 5.29. The van der Waals surface area contributed by atoms with E-state index in [1.54, 1.807) is 0 Å². The zero-order valence-electron chi connectivity index (χ0n) is 10.0. The van der Waals surface area contributed by atoms with E-state index in [1.165, 1.54) is 30.6 Å². The van der Waals surface area contributed by atoms with Crippen molar-refractivity contribution in [2.75, 3.05) is 13.1 Å². The molecule has 1 aromatic carbocycles. The van der Waals surface area contributed by atoms with E-state index in [9.17, 15) is 0 Å². The Morgan fingerprint density at radius 1 is 1.33 bits per heavy atom. The molecule has 0 aromatic heterocycles. The highest BCUT2D eigenvalue weighted by Crippen LogP contribution is 2.35. The van der Waals surface area contributed by atoms with E-state index in [0.29, 0.717) is 5.41 Å². The van der Waals surface area contributed by atoms with E-state index in [-0.39, 0.29) is 0 Å². The van der Waals surface area contributed by atoms with Crippen molar-refractivity contribution in [3.63, 3.8) is 0 Å². The first-order valence-corrected chi connectivity index (χ1v) is 5.89. The number of hydrogen-bond acceptors (Lipinski definition) is 1. The molecule has 1 heterocycles. The van der Waals surface area contributed by atoms with Crippen LogP contribution in [-0.2, 0) is 6.42 Å². The molecule has 0 atom stereocenters. The topological polar surface area (TPSA) is 12.0 Å². The number of nitrogens with one attached hydrogen (secondary N) is 1. The molecule has 15 heavy (non-hydrogen) atoms. The lowest BCUT2D eigenvalue weighted by Crippen LogP contribution is -2.57. The largest absolute Gasteiger partial charge is 0.315 e. The Labute approximate surface area is 92.9 Å². The molecular weight excluding hydrogens is 182 g/mol. The average molecular weight is 203 g/mol. The molecule has 1 aliphatic rings. The van der Waals surface area contributed by atoms with Gasteiger partial charge in [-0.2, -0.15) is 0 Å². The fourth-order valence-electron chi connectivity index (χ4n) is 2.41. The standard InChI is InChI=1S/C14H21N/c1-11(2)14(9-15-10-14)8-13-6-4-5-12(3)7-13/h4-7,11,15H,8-10H2,1-3H3. The lowest BCUT2D eigenvalue weighted by atomic mass is 9.68. The van der Waals surface area contributed by atoms with E-state index < -0.39 is 0 Å². The average Bonchev–Trinajstić information content (AvgIpc) is 2.11. The van der Waals surface area contributed by atoms with E-state index in [2.05, 4.69) is 50.4 Å². The van der Waals surface area contributed by atoms with Gasteiger partial charge in [0.15, 0.2) is 0 Å². The molecule has 1 N–H and O–H groups in total. The second kappa shape index (κ2) is 3.97. The molecule has 82 valence electrons. The third-order valence-corrected chi connectivity index (χ3v) is 3.82. The molecule has 1 aromatic rings. The van der Waals surface area contributed by atoms with Crippen LogP contribution < -0.4 is 5.32 Å². The van der Waals surface area contributed by atoms with Gasteiger partial charge in [0.2, 0.25) is 0 Å². The number of hydrogen-bond donors (Lipinski definition) is 1. The first-order valence-electron chi connectivity index (χ1n) is 5.89. The van der Waals surface area contributed by atoms with Crippen molar-refractivity contribution in [1.82, 2.24) is 5.32 Å². The quantitative estimate of drug-likeness (QED) is 0.796. The van der Waals surface area contributed by atoms with E-state index in [4.69, 9.17) is 0 Å². The normalized spacial score (nSPS) is 18.9. The molecule has 1 aliphatic heterocycles. The minimum atomic E-state index is 0.508. The van der Waals surface area contributed by atoms with Crippen molar-refractivity contribution in [3.8, 4) is 0 Å². The van der Waals surface area contributed by atoms with Gasteiger partial charge in [0.05, 0.1) is 0 Å². The van der Waals surface area contributed by atoms with Crippen LogP contribution in [0.1, 0.15) is 25.0 Å². The van der Waals surface area contributed by atoms with Gasteiger partial charge < -0.3 is 5.32 Å². The van der Waals surface area contributed by atoms with Crippen molar-refractivity contribution < 1.29 is 0 Å². The van der Waals surface area contributed by atoms with Gasteiger partial charge in [0, 0.05) is 18.5 Å². The molecule has 1 nitrogen and oxygen atoms in total. The molecule has 0 amide bonds. The maximum atomic E-state index is 3.42. The van der Waals surface area contributed by atoms with Gasteiger partial charge in [-0.05, 0) is 24.8 Å². The van der Waals surface area contributed by atoms with Crippen LogP contribution in [0.4, 0.5) is 0 Å². The number of benzene rings is 1. The summed E-state index contributed by atoms with van der Waals surface area (Å²) >= 11 is 0. The molecule has 0 aliphatic carbocycles. The molecular formula is C14H21N. The van der Waals surface area contributed by atoms with Crippen molar-refractivity contribution in [3.05, 3.63) is 35.4 Å². The Balaban J connectivity index is 2.13. The summed E-state index contributed by atoms with van der Waals surface area (Å²) in [4.78, 5) is 0. The number of rotatable bonds is 3. The lowest BCUT2D eigenvalue weighted by Gasteiger charge is -2.46. The smallest absolute Gasteiger partial charge is 0.00259 e. The highest BCUT2D eigenvalue weighted by atomic mass is 15.0. The zero-order chi connectivity index (χ0) is 10.9. The minimum absolute atomic E-state index is 0.508. The second-order valence-electron chi connectivity index (χ2n) is 5.29. The van der Waals surface area contributed by atoms with Gasteiger partial charge in [-0.3, -0.25) is 0 Å². The molecule has 1 fully saturated rings. The third-order valence-electron chi connectivity index (χ3n) is 3.82. The van der Waals surface area contributed by atoms with Gasteiger partial charge in [0.1, 0.15) is 0 Å². The van der Waals surface area contributed by atoms with E-state index in [0.717, 1.165) is 5.92 Å². The molecule has 0 saturated carbocycles. The van der Waals surface area contributed by atoms with Crippen LogP contribution in [0.25, 0.3) is 0 Å². The zero-order valence-corrected chi connectivity index (χ0v) is 10.0. The maximum absolute atomic E-state index is 3.42. The number of aryl methyl sites for hydroxylation is 1. The first kappa shape index (κ1) is 10.7. The summed E-state index contributed by atoms with van der Waals surface area (Å²) in [7, 11) is 0. The molecule has 1 heteroatoms. The summed E-state index contributed by atoms with van der Waals surface area (Å²) < 4.78 is 0. The highest BCUT2D eigenvalue weighted by Gasteiger charge is 2.39. The van der Waals surface area contributed by atoms with E-state index >= 15 is 0 Å². The predicted octanol–water partition coefficient (Wildman–Crippen LogP) is 2.78. The van der Waals surface area contributed by atoms with Crippen molar-refractivity contribution in [2.24, 2.45) is 11.3 Å². The Morgan fingerprint density at radius 3 is 2.53 bits per heavy atom. The van der Waals surface area contributed by atoms with Crippen molar-refractivity contribution >= 4 is 0 Å². The van der Waals surface area contributed by atoms with E-state index in [1.807, 2.05) is 0 Å². The summed E-state index contributed by atoms with van der Waals surface area (Å²) in [5.41, 5.74) is 3.37. The Bertz CT molecular complexity index is 337. The monoisotopic (exact) mass is 203 g/mol. The van der Waals surface area contributed by atoms with Gasteiger partial charge >= 0.3 is 0 Å². The van der Waals surface area contributed by atoms with Crippen LogP contribution in [0.2, 0.25) is 0 Å². The molecule has 0 unspecified atom stereocenters. The van der Waals surface area contributed by atoms with Crippen LogP contribution >= 0.6 is 0 Å². The SMILES string of the molecule is Cc1cccc(CC2(C(C)C)CNC2)c1. The Morgan fingerprint density at radius 2 is 2.07 bits per heavy atom. The predicted molar refractivity (Wildman–Crippen MR) is 65.0 cm³/mol. The maximum Gasteiger partial charge on any atom is 0.00259 e. The van der Waals surface area contributed by atoms with Crippen LogP contribution in [0.5, 0.6) is 0 Å². The molecule has 0 bridgehead atoms. The highest BCUT2D eigenvalue weighted by molar-refractivity contribution is 5.24. The molecule has 1 saturated heterocycles. The van der Waals surface area contributed by atoms with Crippen LogP contribution in [0.3, 0.4) is 0 Å². The Kier molecular flexibility index (Phi) is 2.83. The first-order chi connectivity index (χ1) is 7.12. The third kappa shape index (κ3) is 2.07.